The Labute approximate surface area is 115 Å². The molecule has 0 aliphatic carbocycles. The van der Waals surface area contributed by atoms with E-state index in [-0.39, 0.29) is 6.04 Å². The number of nitrogens with one attached hydrogen (secondary N) is 1. The molecule has 5 heteroatoms. The molecule has 2 rings (SSSR count). The minimum atomic E-state index is -0.0208. The number of hydrogen-bond acceptors (Lipinski definition) is 4. The third-order valence-corrected chi connectivity index (χ3v) is 3.63. The second-order valence-electron chi connectivity index (χ2n) is 4.16. The molecular formula is C13H17BrN2O2. The zero-order valence-corrected chi connectivity index (χ0v) is 11.9. The van der Waals surface area contributed by atoms with Gasteiger partial charge >= 0.3 is 0 Å². The first kappa shape index (κ1) is 13.4. The highest BCUT2D eigenvalue weighted by atomic mass is 79.9. The lowest BCUT2D eigenvalue weighted by Gasteiger charge is -2.23. The number of benzene rings is 1. The van der Waals surface area contributed by atoms with E-state index in [1.54, 1.807) is 7.11 Å². The van der Waals surface area contributed by atoms with Gasteiger partial charge in [-0.15, -0.1) is 0 Å². The van der Waals surface area contributed by atoms with Crippen LogP contribution in [-0.4, -0.2) is 13.7 Å². The third kappa shape index (κ3) is 2.85. The first-order chi connectivity index (χ1) is 8.76. The minimum Gasteiger partial charge on any atom is -0.501 e. The standard InChI is InChI=1S/C13H17BrN2O2/c1-17-12-5-4-9(7-11(12)14)13(16-15)10-3-2-6-18-8-10/h4-5,7-8,13,16H,2-3,6,15H2,1H3. The SMILES string of the molecule is COc1ccc(C(NN)C2=COCCC2)cc1Br. The van der Waals surface area contributed by atoms with Crippen LogP contribution in [0.3, 0.4) is 0 Å². The molecule has 0 aromatic heterocycles. The average molecular weight is 313 g/mol. The topological polar surface area (TPSA) is 56.5 Å². The Morgan fingerprint density at radius 2 is 2.33 bits per heavy atom. The van der Waals surface area contributed by atoms with Crippen molar-refractivity contribution in [1.29, 1.82) is 0 Å². The molecule has 98 valence electrons. The first-order valence-corrected chi connectivity index (χ1v) is 6.65. The molecule has 4 nitrogen and oxygen atoms in total. The highest BCUT2D eigenvalue weighted by Crippen LogP contribution is 2.32. The Morgan fingerprint density at radius 3 is 2.89 bits per heavy atom. The lowest BCUT2D eigenvalue weighted by Crippen LogP contribution is -2.30. The van der Waals surface area contributed by atoms with E-state index in [9.17, 15) is 0 Å². The molecule has 1 aliphatic rings. The number of hydrazine groups is 1. The molecule has 1 heterocycles. The second-order valence-corrected chi connectivity index (χ2v) is 5.02. The third-order valence-electron chi connectivity index (χ3n) is 3.01. The number of rotatable bonds is 4. The van der Waals surface area contributed by atoms with E-state index >= 15 is 0 Å². The monoisotopic (exact) mass is 312 g/mol. The van der Waals surface area contributed by atoms with Crippen molar-refractivity contribution >= 4 is 15.9 Å². The lowest BCUT2D eigenvalue weighted by molar-refractivity contribution is 0.219. The lowest BCUT2D eigenvalue weighted by atomic mass is 9.96. The maximum absolute atomic E-state index is 5.66. The summed E-state index contributed by atoms with van der Waals surface area (Å²) < 4.78 is 11.5. The Hall–Kier alpha value is -1.04. The molecule has 0 saturated carbocycles. The van der Waals surface area contributed by atoms with Crippen LogP contribution in [0.5, 0.6) is 5.75 Å². The normalized spacial score (nSPS) is 16.7. The van der Waals surface area contributed by atoms with Gasteiger partial charge in [-0.1, -0.05) is 6.07 Å². The summed E-state index contributed by atoms with van der Waals surface area (Å²) in [5, 5.41) is 0. The van der Waals surface area contributed by atoms with Gasteiger partial charge in [-0.05, 0) is 52.0 Å². The smallest absolute Gasteiger partial charge is 0.133 e. The van der Waals surface area contributed by atoms with E-state index in [1.807, 2.05) is 24.5 Å². The number of methoxy groups -OCH3 is 1. The zero-order valence-electron chi connectivity index (χ0n) is 10.3. The molecule has 1 aromatic carbocycles. The molecule has 0 saturated heterocycles. The minimum absolute atomic E-state index is 0.0208. The summed E-state index contributed by atoms with van der Waals surface area (Å²) in [4.78, 5) is 0. The van der Waals surface area contributed by atoms with Gasteiger partial charge in [0.15, 0.2) is 0 Å². The van der Waals surface area contributed by atoms with Crippen LogP contribution in [0.2, 0.25) is 0 Å². The van der Waals surface area contributed by atoms with Crippen LogP contribution >= 0.6 is 15.9 Å². The van der Waals surface area contributed by atoms with Crippen LogP contribution in [0.15, 0.2) is 34.5 Å². The molecule has 1 aromatic rings. The fraction of sp³-hybridized carbons (Fsp3) is 0.385. The van der Waals surface area contributed by atoms with Crippen molar-refractivity contribution in [3.8, 4) is 5.75 Å². The Bertz CT molecular complexity index is 449. The van der Waals surface area contributed by atoms with Gasteiger partial charge in [0.2, 0.25) is 0 Å². The van der Waals surface area contributed by atoms with E-state index in [4.69, 9.17) is 15.3 Å². The summed E-state index contributed by atoms with van der Waals surface area (Å²) in [5.74, 6) is 6.47. The van der Waals surface area contributed by atoms with E-state index in [2.05, 4.69) is 21.4 Å². The number of ether oxygens (including phenoxy) is 2. The summed E-state index contributed by atoms with van der Waals surface area (Å²) in [5.41, 5.74) is 5.10. The quantitative estimate of drug-likeness (QED) is 0.663. The summed E-state index contributed by atoms with van der Waals surface area (Å²) in [6.45, 7) is 0.785. The van der Waals surface area contributed by atoms with Crippen molar-refractivity contribution in [3.63, 3.8) is 0 Å². The maximum Gasteiger partial charge on any atom is 0.133 e. The summed E-state index contributed by atoms with van der Waals surface area (Å²) in [7, 11) is 1.65. The van der Waals surface area contributed by atoms with Crippen LogP contribution in [-0.2, 0) is 4.74 Å². The fourth-order valence-electron chi connectivity index (χ4n) is 2.08. The van der Waals surface area contributed by atoms with Gasteiger partial charge in [-0.3, -0.25) is 5.84 Å². The molecule has 18 heavy (non-hydrogen) atoms. The molecule has 1 aliphatic heterocycles. The van der Waals surface area contributed by atoms with E-state index in [1.165, 1.54) is 5.57 Å². The van der Waals surface area contributed by atoms with Crippen LogP contribution in [0.4, 0.5) is 0 Å². The van der Waals surface area contributed by atoms with Crippen LogP contribution in [0.1, 0.15) is 24.4 Å². The number of halogens is 1. The molecule has 0 amide bonds. The average Bonchev–Trinajstić information content (AvgIpc) is 2.41. The summed E-state index contributed by atoms with van der Waals surface area (Å²) in [6.07, 6.45) is 3.84. The number of nitrogens with two attached hydrogens (primary N) is 1. The van der Waals surface area contributed by atoms with Crippen LogP contribution in [0.25, 0.3) is 0 Å². The van der Waals surface area contributed by atoms with Crippen molar-refractivity contribution in [3.05, 3.63) is 40.1 Å². The number of hydrogen-bond donors (Lipinski definition) is 2. The van der Waals surface area contributed by atoms with Gasteiger partial charge in [-0.2, -0.15) is 0 Å². The van der Waals surface area contributed by atoms with Crippen LogP contribution < -0.4 is 16.0 Å². The van der Waals surface area contributed by atoms with E-state index < -0.39 is 0 Å². The molecule has 0 spiro atoms. The van der Waals surface area contributed by atoms with Crippen molar-refractivity contribution in [1.82, 2.24) is 5.43 Å². The predicted molar refractivity (Wildman–Crippen MR) is 74.0 cm³/mol. The Balaban J connectivity index is 2.27. The Morgan fingerprint density at radius 1 is 1.50 bits per heavy atom. The maximum atomic E-state index is 5.66. The Kier molecular flexibility index (Phi) is 4.63. The van der Waals surface area contributed by atoms with Crippen molar-refractivity contribution in [2.24, 2.45) is 5.84 Å². The summed E-state index contributed by atoms with van der Waals surface area (Å²) >= 11 is 3.48. The van der Waals surface area contributed by atoms with Gasteiger partial charge in [0, 0.05) is 0 Å². The van der Waals surface area contributed by atoms with Crippen LogP contribution in [0, 0.1) is 0 Å². The fourth-order valence-corrected chi connectivity index (χ4v) is 2.63. The molecule has 3 N–H and O–H groups in total. The largest absolute Gasteiger partial charge is 0.501 e. The zero-order chi connectivity index (χ0) is 13.0. The molecule has 0 fully saturated rings. The molecule has 1 atom stereocenters. The molecular weight excluding hydrogens is 296 g/mol. The van der Waals surface area contributed by atoms with Crippen molar-refractivity contribution in [2.45, 2.75) is 18.9 Å². The molecule has 0 bridgehead atoms. The highest BCUT2D eigenvalue weighted by molar-refractivity contribution is 9.10. The summed E-state index contributed by atoms with van der Waals surface area (Å²) in [6, 6.07) is 5.92. The van der Waals surface area contributed by atoms with Gasteiger partial charge in [0.05, 0.1) is 30.5 Å². The first-order valence-electron chi connectivity index (χ1n) is 5.86. The molecule has 1 unspecified atom stereocenters. The van der Waals surface area contributed by atoms with Gasteiger partial charge in [0.1, 0.15) is 5.75 Å². The molecule has 0 radical (unpaired) electrons. The highest BCUT2D eigenvalue weighted by Gasteiger charge is 2.18. The second kappa shape index (κ2) is 6.22. The van der Waals surface area contributed by atoms with Gasteiger partial charge in [0.25, 0.3) is 0 Å². The van der Waals surface area contributed by atoms with Gasteiger partial charge in [-0.25, -0.2) is 5.43 Å². The van der Waals surface area contributed by atoms with Gasteiger partial charge < -0.3 is 9.47 Å². The van der Waals surface area contributed by atoms with E-state index in [0.717, 1.165) is 35.2 Å². The predicted octanol–water partition coefficient (Wildman–Crippen LogP) is 2.66. The van der Waals surface area contributed by atoms with E-state index in [0.29, 0.717) is 0 Å². The van der Waals surface area contributed by atoms with Crippen molar-refractivity contribution in [2.75, 3.05) is 13.7 Å². The van der Waals surface area contributed by atoms with Crippen molar-refractivity contribution < 1.29 is 9.47 Å².